The Morgan fingerprint density at radius 1 is 0.854 bits per heavy atom. The van der Waals surface area contributed by atoms with Crippen molar-refractivity contribution in [3.8, 4) is 22.9 Å². The van der Waals surface area contributed by atoms with Gasteiger partial charge in [0, 0.05) is 17.5 Å². The number of unbranched alkanes of at least 4 members (excludes halogenated alkanes) is 8. The number of nitrogens with zero attached hydrogens (tertiary/aromatic N) is 2. The fourth-order valence-corrected chi connectivity index (χ4v) is 4.87. The first-order chi connectivity index (χ1) is 20.0. The summed E-state index contributed by atoms with van der Waals surface area (Å²) in [6, 6.07) is 11.1. The van der Waals surface area contributed by atoms with Crippen molar-refractivity contribution in [1.29, 1.82) is 0 Å². The van der Waals surface area contributed by atoms with Gasteiger partial charge in [0.15, 0.2) is 17.4 Å². The van der Waals surface area contributed by atoms with Gasteiger partial charge in [-0.15, -0.1) is 0 Å². The lowest BCUT2D eigenvalue weighted by atomic mass is 10.1. The molecule has 0 N–H and O–H groups in total. The van der Waals surface area contributed by atoms with Gasteiger partial charge in [-0.25, -0.2) is 19.2 Å². The van der Waals surface area contributed by atoms with Crippen molar-refractivity contribution in [2.24, 2.45) is 5.92 Å². The molecule has 0 aliphatic heterocycles. The number of halogens is 2. The molecule has 5 nitrogen and oxygen atoms in total. The van der Waals surface area contributed by atoms with E-state index in [1.54, 1.807) is 30.5 Å². The molecule has 220 valence electrons. The number of rotatable bonds is 18. The van der Waals surface area contributed by atoms with Crippen molar-refractivity contribution in [2.75, 3.05) is 6.61 Å². The maximum Gasteiger partial charge on any atom is 0.346 e. The molecule has 0 bridgehead atoms. The van der Waals surface area contributed by atoms with E-state index in [1.165, 1.54) is 69.9 Å². The van der Waals surface area contributed by atoms with E-state index in [-0.39, 0.29) is 11.5 Å². The molecular formula is C34H42F2N2O3. The summed E-state index contributed by atoms with van der Waals surface area (Å²) < 4.78 is 40.0. The Balaban J connectivity index is 1.25. The van der Waals surface area contributed by atoms with Crippen LogP contribution in [0.5, 0.6) is 11.5 Å². The van der Waals surface area contributed by atoms with Crippen LogP contribution in [-0.4, -0.2) is 22.5 Å². The zero-order valence-corrected chi connectivity index (χ0v) is 24.2. The highest BCUT2D eigenvalue weighted by molar-refractivity contribution is 5.91. The van der Waals surface area contributed by atoms with E-state index in [2.05, 4.69) is 16.9 Å². The predicted octanol–water partition coefficient (Wildman–Crippen LogP) is 9.28. The molecule has 0 amide bonds. The molecule has 0 unspecified atom stereocenters. The van der Waals surface area contributed by atoms with E-state index in [4.69, 9.17) is 9.47 Å². The van der Waals surface area contributed by atoms with Crippen LogP contribution in [0.3, 0.4) is 0 Å². The van der Waals surface area contributed by atoms with Crippen molar-refractivity contribution < 1.29 is 23.0 Å². The van der Waals surface area contributed by atoms with Gasteiger partial charge in [0.1, 0.15) is 5.75 Å². The minimum absolute atomic E-state index is 0.194. The van der Waals surface area contributed by atoms with Gasteiger partial charge in [-0.3, -0.25) is 0 Å². The Morgan fingerprint density at radius 2 is 1.59 bits per heavy atom. The van der Waals surface area contributed by atoms with Crippen molar-refractivity contribution in [2.45, 2.75) is 96.8 Å². The lowest BCUT2D eigenvalue weighted by Crippen LogP contribution is -2.12. The third-order valence-corrected chi connectivity index (χ3v) is 7.55. The molecule has 1 saturated carbocycles. The minimum Gasteiger partial charge on any atom is -0.490 e. The van der Waals surface area contributed by atoms with Crippen LogP contribution in [0.15, 0.2) is 48.7 Å². The molecule has 1 heterocycles. The summed E-state index contributed by atoms with van der Waals surface area (Å²) in [7, 11) is 0. The first kappa shape index (κ1) is 30.6. The van der Waals surface area contributed by atoms with Gasteiger partial charge in [-0.05, 0) is 67.6 Å². The lowest BCUT2D eigenvalue weighted by molar-refractivity contribution is 0.0728. The Hall–Kier alpha value is -3.35. The average molecular weight is 565 g/mol. The van der Waals surface area contributed by atoms with Crippen molar-refractivity contribution >= 4 is 5.97 Å². The number of esters is 1. The van der Waals surface area contributed by atoms with E-state index in [9.17, 15) is 13.6 Å². The normalized spacial score (nSPS) is 12.9. The summed E-state index contributed by atoms with van der Waals surface area (Å²) in [4.78, 5) is 21.6. The van der Waals surface area contributed by atoms with Crippen molar-refractivity contribution in [3.63, 3.8) is 0 Å². The summed E-state index contributed by atoms with van der Waals surface area (Å²) in [5.41, 5.74) is 1.29. The van der Waals surface area contributed by atoms with E-state index < -0.39 is 23.2 Å². The van der Waals surface area contributed by atoms with Crippen LogP contribution in [0, 0.1) is 17.6 Å². The highest BCUT2D eigenvalue weighted by atomic mass is 19.2. The monoisotopic (exact) mass is 564 g/mol. The molecule has 1 aliphatic rings. The van der Waals surface area contributed by atoms with Gasteiger partial charge < -0.3 is 9.47 Å². The number of carbonyl (C=O) groups excluding carboxylic acids is 1. The average Bonchev–Trinajstić information content (AvgIpc) is 3.81. The summed E-state index contributed by atoms with van der Waals surface area (Å²) >= 11 is 0. The van der Waals surface area contributed by atoms with Gasteiger partial charge in [0.2, 0.25) is 5.82 Å². The molecule has 0 radical (unpaired) electrons. The predicted molar refractivity (Wildman–Crippen MR) is 157 cm³/mol. The molecule has 1 aliphatic carbocycles. The summed E-state index contributed by atoms with van der Waals surface area (Å²) in [6.07, 6.45) is 18.2. The molecule has 1 fully saturated rings. The van der Waals surface area contributed by atoms with Gasteiger partial charge in [0.25, 0.3) is 0 Å². The smallest absolute Gasteiger partial charge is 0.346 e. The van der Waals surface area contributed by atoms with Gasteiger partial charge in [-0.1, -0.05) is 77.6 Å². The molecule has 0 saturated heterocycles. The maximum atomic E-state index is 14.7. The first-order valence-electron chi connectivity index (χ1n) is 15.3. The Bertz CT molecular complexity index is 1250. The molecule has 4 rings (SSSR count). The third-order valence-electron chi connectivity index (χ3n) is 7.55. The van der Waals surface area contributed by atoms with Crippen molar-refractivity contribution in [3.05, 3.63) is 71.6 Å². The Morgan fingerprint density at radius 3 is 2.37 bits per heavy atom. The Kier molecular flexibility index (Phi) is 12.1. The number of aromatic nitrogens is 2. The topological polar surface area (TPSA) is 61.3 Å². The number of hydrogen-bond acceptors (Lipinski definition) is 5. The third kappa shape index (κ3) is 9.91. The van der Waals surface area contributed by atoms with Crippen LogP contribution in [-0.2, 0) is 6.42 Å². The second-order valence-corrected chi connectivity index (χ2v) is 11.0. The second kappa shape index (κ2) is 16.2. The molecule has 0 spiro atoms. The van der Waals surface area contributed by atoms with E-state index in [0.717, 1.165) is 49.3 Å². The second-order valence-electron chi connectivity index (χ2n) is 11.0. The zero-order valence-electron chi connectivity index (χ0n) is 24.2. The summed E-state index contributed by atoms with van der Waals surface area (Å²) in [5, 5.41) is 0. The molecule has 41 heavy (non-hydrogen) atoms. The highest BCUT2D eigenvalue weighted by Crippen LogP contribution is 2.34. The number of hydrogen-bond donors (Lipinski definition) is 0. The summed E-state index contributed by atoms with van der Waals surface area (Å²) in [5.74, 6) is -1.89. The highest BCUT2D eigenvalue weighted by Gasteiger charge is 2.22. The van der Waals surface area contributed by atoms with Crippen LogP contribution in [0.4, 0.5) is 8.78 Å². The fourth-order valence-electron chi connectivity index (χ4n) is 4.87. The van der Waals surface area contributed by atoms with Gasteiger partial charge >= 0.3 is 5.97 Å². The SMILES string of the molecule is CCCCCCCCc1ccnc(-c2ccc(OC(=O)c3ccc(OCCCCCCC4CC4)c(F)c3F)cc2)n1. The zero-order chi connectivity index (χ0) is 28.9. The largest absolute Gasteiger partial charge is 0.490 e. The van der Waals surface area contributed by atoms with E-state index >= 15 is 0 Å². The molecule has 1 aromatic heterocycles. The number of benzene rings is 2. The molecular weight excluding hydrogens is 522 g/mol. The molecule has 3 aromatic rings. The quantitative estimate of drug-likeness (QED) is 0.0875. The lowest BCUT2D eigenvalue weighted by Gasteiger charge is -2.10. The minimum atomic E-state index is -1.27. The Labute approximate surface area is 242 Å². The van der Waals surface area contributed by atoms with E-state index in [1.807, 2.05) is 6.07 Å². The summed E-state index contributed by atoms with van der Waals surface area (Å²) in [6.45, 7) is 2.52. The maximum absolute atomic E-state index is 14.7. The van der Waals surface area contributed by atoms with Crippen molar-refractivity contribution in [1.82, 2.24) is 9.97 Å². The number of ether oxygens (including phenoxy) is 2. The molecule has 0 atom stereocenters. The molecule has 2 aromatic carbocycles. The van der Waals surface area contributed by atoms with Gasteiger partial charge in [0.05, 0.1) is 12.2 Å². The van der Waals surface area contributed by atoms with Crippen LogP contribution in [0.1, 0.15) is 106 Å². The molecule has 7 heteroatoms. The van der Waals surface area contributed by atoms with Crippen LogP contribution in [0.25, 0.3) is 11.4 Å². The first-order valence-corrected chi connectivity index (χ1v) is 15.3. The van der Waals surface area contributed by atoms with Crippen LogP contribution >= 0.6 is 0 Å². The van der Waals surface area contributed by atoms with Crippen LogP contribution in [0.2, 0.25) is 0 Å². The fraction of sp³-hybridized carbons (Fsp3) is 0.500. The standard InChI is InChI=1S/C34H42F2N2O3/c1-2-3-4-5-6-10-13-27-22-23-37-33(38-27)26-16-18-28(19-17-26)41-34(39)29-20-21-30(32(36)31(29)35)40-24-11-8-7-9-12-25-14-15-25/h16-23,25H,2-15,24H2,1H3. The number of carbonyl (C=O) groups is 1. The van der Waals surface area contributed by atoms with E-state index in [0.29, 0.717) is 12.4 Å². The van der Waals surface area contributed by atoms with Crippen LogP contribution < -0.4 is 9.47 Å². The number of aryl methyl sites for hydroxylation is 1. The van der Waals surface area contributed by atoms with Gasteiger partial charge in [-0.2, -0.15) is 4.39 Å².